The van der Waals surface area contributed by atoms with E-state index in [1.807, 2.05) is 12.1 Å². The van der Waals surface area contributed by atoms with E-state index in [0.29, 0.717) is 10.6 Å². The lowest BCUT2D eigenvalue weighted by atomic mass is 10.2. The number of nitrogens with zero attached hydrogens (tertiary/aromatic N) is 4. The summed E-state index contributed by atoms with van der Waals surface area (Å²) in [4.78, 5) is 2.27. The third kappa shape index (κ3) is 3.88. The molecule has 0 saturated carbocycles. The van der Waals surface area contributed by atoms with Crippen LogP contribution < -0.4 is 4.90 Å². The molecule has 0 atom stereocenters. The molecule has 1 heterocycles. The number of anilines is 1. The highest BCUT2D eigenvalue weighted by molar-refractivity contribution is 7.71. The summed E-state index contributed by atoms with van der Waals surface area (Å²) in [6.45, 7) is 6.17. The van der Waals surface area contributed by atoms with E-state index in [1.165, 1.54) is 12.1 Å². The molecule has 5 nitrogen and oxygen atoms in total. The number of hydrogen-bond donors (Lipinski definition) is 1. The highest BCUT2D eigenvalue weighted by Gasteiger charge is 2.09. The fraction of sp³-hybridized carbons (Fsp3) is 0.211. The number of nitrogens with one attached hydrogen (secondary N) is 1. The van der Waals surface area contributed by atoms with Crippen LogP contribution in [0.25, 0.3) is 11.4 Å². The molecule has 2 aromatic carbocycles. The van der Waals surface area contributed by atoms with Gasteiger partial charge < -0.3 is 4.90 Å². The van der Waals surface area contributed by atoms with E-state index in [0.717, 1.165) is 29.9 Å². The second-order valence-corrected chi connectivity index (χ2v) is 6.07. The van der Waals surface area contributed by atoms with Gasteiger partial charge in [-0.15, -0.1) is 0 Å². The van der Waals surface area contributed by atoms with Crippen molar-refractivity contribution in [3.8, 4) is 11.4 Å². The monoisotopic (exact) mass is 369 g/mol. The maximum atomic E-state index is 13.0. The minimum atomic E-state index is -0.281. The summed E-state index contributed by atoms with van der Waals surface area (Å²) in [6, 6.07) is 14.2. The first kappa shape index (κ1) is 18.0. The van der Waals surface area contributed by atoms with Gasteiger partial charge in [0.25, 0.3) is 0 Å². The molecule has 0 saturated heterocycles. The van der Waals surface area contributed by atoms with Gasteiger partial charge in [0, 0.05) is 24.3 Å². The first-order valence-electron chi connectivity index (χ1n) is 8.45. The predicted molar refractivity (Wildman–Crippen MR) is 106 cm³/mol. The minimum absolute atomic E-state index is 0.281. The fourth-order valence-electron chi connectivity index (χ4n) is 2.67. The van der Waals surface area contributed by atoms with Gasteiger partial charge in [-0.3, -0.25) is 0 Å². The standard InChI is InChI=1S/C19H20FN5S/c1-3-24(4-2)17-11-7-15(8-12-17)18-22-23-19(26)25(18)21-13-14-5-9-16(20)10-6-14/h5-13H,3-4H2,1-2H3,(H,23,26). The Balaban J connectivity index is 1.90. The summed E-state index contributed by atoms with van der Waals surface area (Å²) in [7, 11) is 0. The van der Waals surface area contributed by atoms with Crippen LogP contribution in [0.5, 0.6) is 0 Å². The predicted octanol–water partition coefficient (Wildman–Crippen LogP) is 4.48. The van der Waals surface area contributed by atoms with E-state index in [1.54, 1.807) is 23.0 Å². The number of hydrogen-bond acceptors (Lipinski definition) is 4. The molecular weight excluding hydrogens is 349 g/mol. The smallest absolute Gasteiger partial charge is 0.216 e. The van der Waals surface area contributed by atoms with Crippen LogP contribution in [0.3, 0.4) is 0 Å². The minimum Gasteiger partial charge on any atom is -0.372 e. The van der Waals surface area contributed by atoms with Gasteiger partial charge in [-0.25, -0.2) is 9.49 Å². The Morgan fingerprint density at radius 2 is 1.77 bits per heavy atom. The van der Waals surface area contributed by atoms with Gasteiger partial charge in [-0.2, -0.15) is 14.9 Å². The Labute approximate surface area is 156 Å². The molecule has 0 radical (unpaired) electrons. The number of halogens is 1. The maximum absolute atomic E-state index is 13.0. The number of benzene rings is 2. The summed E-state index contributed by atoms with van der Waals surface area (Å²) in [6.07, 6.45) is 1.62. The Morgan fingerprint density at radius 3 is 2.38 bits per heavy atom. The summed E-state index contributed by atoms with van der Waals surface area (Å²) >= 11 is 5.28. The highest BCUT2D eigenvalue weighted by atomic mass is 32.1. The SMILES string of the molecule is CCN(CC)c1ccc(-c2n[nH]c(=S)n2N=Cc2ccc(F)cc2)cc1. The van der Waals surface area contributed by atoms with Gasteiger partial charge in [0.05, 0.1) is 6.21 Å². The molecule has 0 aliphatic carbocycles. The van der Waals surface area contributed by atoms with Gasteiger partial charge in [-0.05, 0) is 68.0 Å². The second kappa shape index (κ2) is 8.05. The van der Waals surface area contributed by atoms with Crippen molar-refractivity contribution in [2.45, 2.75) is 13.8 Å². The fourth-order valence-corrected chi connectivity index (χ4v) is 2.85. The molecule has 3 aromatic rings. The average molecular weight is 369 g/mol. The third-order valence-corrected chi connectivity index (χ3v) is 4.36. The van der Waals surface area contributed by atoms with Crippen LogP contribution in [0, 0.1) is 10.6 Å². The molecule has 0 spiro atoms. The van der Waals surface area contributed by atoms with Crippen molar-refractivity contribution in [1.29, 1.82) is 0 Å². The highest BCUT2D eigenvalue weighted by Crippen LogP contribution is 2.22. The van der Waals surface area contributed by atoms with Crippen LogP contribution in [-0.4, -0.2) is 34.2 Å². The van der Waals surface area contributed by atoms with Gasteiger partial charge in [0.1, 0.15) is 5.82 Å². The van der Waals surface area contributed by atoms with Crippen molar-refractivity contribution in [3.05, 3.63) is 64.7 Å². The van der Waals surface area contributed by atoms with E-state index < -0.39 is 0 Å². The summed E-state index contributed by atoms with van der Waals surface area (Å²) in [5, 5.41) is 11.5. The summed E-state index contributed by atoms with van der Waals surface area (Å²) in [5.74, 6) is 0.343. The lowest BCUT2D eigenvalue weighted by Gasteiger charge is -2.20. The number of rotatable bonds is 6. The Hall–Kier alpha value is -2.80. The quantitative estimate of drug-likeness (QED) is 0.515. The summed E-state index contributed by atoms with van der Waals surface area (Å²) in [5.41, 5.74) is 2.84. The molecule has 0 bridgehead atoms. The number of H-pyrrole nitrogens is 1. The van der Waals surface area contributed by atoms with Crippen LogP contribution in [0.1, 0.15) is 19.4 Å². The van der Waals surface area contributed by atoms with Crippen LogP contribution in [0.4, 0.5) is 10.1 Å². The molecule has 1 N–H and O–H groups in total. The topological polar surface area (TPSA) is 49.2 Å². The molecule has 0 aliphatic heterocycles. The van der Waals surface area contributed by atoms with Crippen LogP contribution >= 0.6 is 12.2 Å². The van der Waals surface area contributed by atoms with Gasteiger partial charge in [0.2, 0.25) is 4.77 Å². The van der Waals surface area contributed by atoms with Crippen LogP contribution in [0.15, 0.2) is 53.6 Å². The zero-order valence-corrected chi connectivity index (χ0v) is 15.5. The molecule has 0 unspecified atom stereocenters. The van der Waals surface area contributed by atoms with E-state index in [-0.39, 0.29) is 5.82 Å². The Morgan fingerprint density at radius 1 is 1.12 bits per heavy atom. The Kier molecular flexibility index (Phi) is 5.58. The lowest BCUT2D eigenvalue weighted by molar-refractivity contribution is 0.628. The van der Waals surface area contributed by atoms with Crippen LogP contribution in [0.2, 0.25) is 0 Å². The number of aromatic nitrogens is 3. The van der Waals surface area contributed by atoms with Gasteiger partial charge in [-0.1, -0.05) is 12.1 Å². The normalized spacial score (nSPS) is 11.2. The first-order chi connectivity index (χ1) is 12.6. The van der Waals surface area contributed by atoms with Crippen LogP contribution in [-0.2, 0) is 0 Å². The van der Waals surface area contributed by atoms with E-state index in [4.69, 9.17) is 12.2 Å². The molecule has 0 fully saturated rings. The van der Waals surface area contributed by atoms with Crippen molar-refractivity contribution in [2.75, 3.05) is 18.0 Å². The first-order valence-corrected chi connectivity index (χ1v) is 8.86. The molecule has 134 valence electrons. The zero-order valence-electron chi connectivity index (χ0n) is 14.7. The third-order valence-electron chi connectivity index (χ3n) is 4.10. The van der Waals surface area contributed by atoms with Crippen molar-refractivity contribution in [3.63, 3.8) is 0 Å². The van der Waals surface area contributed by atoms with Gasteiger partial charge in [0.15, 0.2) is 5.82 Å². The van der Waals surface area contributed by atoms with E-state index >= 15 is 0 Å². The van der Waals surface area contributed by atoms with E-state index in [2.05, 4.69) is 46.2 Å². The average Bonchev–Trinajstić information content (AvgIpc) is 3.03. The number of aromatic amines is 1. The second-order valence-electron chi connectivity index (χ2n) is 5.68. The van der Waals surface area contributed by atoms with Crippen molar-refractivity contribution in [2.24, 2.45) is 5.10 Å². The Bertz CT molecular complexity index is 937. The lowest BCUT2D eigenvalue weighted by Crippen LogP contribution is -2.21. The molecule has 0 amide bonds. The summed E-state index contributed by atoms with van der Waals surface area (Å²) < 4.78 is 15.0. The maximum Gasteiger partial charge on any atom is 0.216 e. The molecule has 7 heteroatoms. The van der Waals surface area contributed by atoms with Crippen molar-refractivity contribution >= 4 is 24.1 Å². The molecule has 1 aromatic heterocycles. The van der Waals surface area contributed by atoms with Crippen molar-refractivity contribution in [1.82, 2.24) is 14.9 Å². The molecule has 0 aliphatic rings. The zero-order chi connectivity index (χ0) is 18.5. The largest absolute Gasteiger partial charge is 0.372 e. The molecule has 3 rings (SSSR count). The van der Waals surface area contributed by atoms with E-state index in [9.17, 15) is 4.39 Å². The van der Waals surface area contributed by atoms with Crippen molar-refractivity contribution < 1.29 is 4.39 Å². The van der Waals surface area contributed by atoms with Gasteiger partial charge >= 0.3 is 0 Å². The molecule has 26 heavy (non-hydrogen) atoms. The molecular formula is C19H20FN5S.